The standard InChI is InChI=1S/C15H19N3/c1-2-13-14(16)18(15(17-13)12-8-9-12)10-11-6-4-3-5-7-11/h3-7,12H,2,8-10,16H2,1H3. The SMILES string of the molecule is CCc1nc(C2CC2)n(Cc2ccccc2)c1N. The largest absolute Gasteiger partial charge is 0.384 e. The average molecular weight is 241 g/mol. The Morgan fingerprint density at radius 2 is 2.00 bits per heavy atom. The van der Waals surface area contributed by atoms with Crippen LogP contribution in [-0.4, -0.2) is 9.55 Å². The molecule has 3 nitrogen and oxygen atoms in total. The van der Waals surface area contributed by atoms with Crippen LogP contribution in [0.15, 0.2) is 30.3 Å². The Bertz CT molecular complexity index is 538. The predicted octanol–water partition coefficient (Wildman–Crippen LogP) is 2.95. The molecule has 0 amide bonds. The number of nitrogens with zero attached hydrogens (tertiary/aromatic N) is 2. The van der Waals surface area contributed by atoms with Crippen LogP contribution in [0.4, 0.5) is 5.82 Å². The van der Waals surface area contributed by atoms with Crippen molar-refractivity contribution in [2.45, 2.75) is 38.6 Å². The molecule has 1 aliphatic rings. The van der Waals surface area contributed by atoms with Gasteiger partial charge in [0.05, 0.1) is 12.2 Å². The molecular formula is C15H19N3. The van der Waals surface area contributed by atoms with Crippen LogP contribution in [0.2, 0.25) is 0 Å². The van der Waals surface area contributed by atoms with Crippen LogP contribution in [-0.2, 0) is 13.0 Å². The van der Waals surface area contributed by atoms with Crippen LogP contribution in [0.5, 0.6) is 0 Å². The molecule has 0 aliphatic heterocycles. The Hall–Kier alpha value is -1.77. The smallest absolute Gasteiger partial charge is 0.127 e. The van der Waals surface area contributed by atoms with Gasteiger partial charge in [0, 0.05) is 5.92 Å². The molecule has 0 spiro atoms. The summed E-state index contributed by atoms with van der Waals surface area (Å²) >= 11 is 0. The number of aryl methyl sites for hydroxylation is 1. The van der Waals surface area contributed by atoms with Gasteiger partial charge in [0.15, 0.2) is 0 Å². The Morgan fingerprint density at radius 3 is 2.61 bits per heavy atom. The van der Waals surface area contributed by atoms with E-state index < -0.39 is 0 Å². The number of nitrogens with two attached hydrogens (primary N) is 1. The van der Waals surface area contributed by atoms with Crippen LogP contribution < -0.4 is 5.73 Å². The summed E-state index contributed by atoms with van der Waals surface area (Å²) in [5.74, 6) is 2.67. The highest BCUT2D eigenvalue weighted by Gasteiger charge is 2.30. The molecule has 1 fully saturated rings. The number of rotatable bonds is 4. The zero-order valence-corrected chi connectivity index (χ0v) is 10.8. The van der Waals surface area contributed by atoms with Gasteiger partial charge in [-0.25, -0.2) is 4.98 Å². The van der Waals surface area contributed by atoms with Crippen LogP contribution in [0.3, 0.4) is 0 Å². The Labute approximate surface area is 108 Å². The summed E-state index contributed by atoms with van der Waals surface area (Å²) in [5, 5.41) is 0. The van der Waals surface area contributed by atoms with Gasteiger partial charge in [-0.05, 0) is 24.8 Å². The second-order valence-electron chi connectivity index (χ2n) is 5.00. The van der Waals surface area contributed by atoms with Crippen LogP contribution in [0.25, 0.3) is 0 Å². The van der Waals surface area contributed by atoms with E-state index in [1.807, 2.05) is 6.07 Å². The lowest BCUT2D eigenvalue weighted by Gasteiger charge is -2.09. The van der Waals surface area contributed by atoms with Crippen molar-refractivity contribution in [1.82, 2.24) is 9.55 Å². The first-order chi connectivity index (χ1) is 8.79. The van der Waals surface area contributed by atoms with Gasteiger partial charge in [0.25, 0.3) is 0 Å². The normalized spacial score (nSPS) is 14.9. The highest BCUT2D eigenvalue weighted by atomic mass is 15.1. The molecule has 0 atom stereocenters. The maximum absolute atomic E-state index is 6.23. The molecule has 1 aromatic carbocycles. The second-order valence-corrected chi connectivity index (χ2v) is 5.00. The first-order valence-corrected chi connectivity index (χ1v) is 6.68. The molecule has 18 heavy (non-hydrogen) atoms. The van der Waals surface area contributed by atoms with Gasteiger partial charge in [0.2, 0.25) is 0 Å². The van der Waals surface area contributed by atoms with E-state index in [0.29, 0.717) is 5.92 Å². The van der Waals surface area contributed by atoms with E-state index in [1.54, 1.807) is 0 Å². The van der Waals surface area contributed by atoms with Crippen LogP contribution in [0, 0.1) is 0 Å². The van der Waals surface area contributed by atoms with Crippen molar-refractivity contribution in [1.29, 1.82) is 0 Å². The third-order valence-electron chi connectivity index (χ3n) is 3.57. The molecule has 0 saturated heterocycles. The molecule has 3 heteroatoms. The molecule has 3 rings (SSSR count). The third kappa shape index (κ3) is 2.01. The van der Waals surface area contributed by atoms with Gasteiger partial charge in [-0.15, -0.1) is 0 Å². The van der Waals surface area contributed by atoms with Crippen molar-refractivity contribution in [3.05, 3.63) is 47.4 Å². The number of anilines is 1. The van der Waals surface area contributed by atoms with Gasteiger partial charge in [-0.2, -0.15) is 0 Å². The quantitative estimate of drug-likeness (QED) is 0.894. The molecule has 2 aromatic rings. The van der Waals surface area contributed by atoms with Gasteiger partial charge in [-0.1, -0.05) is 37.3 Å². The summed E-state index contributed by atoms with van der Waals surface area (Å²) in [6, 6.07) is 10.5. The van der Waals surface area contributed by atoms with Crippen molar-refractivity contribution in [2.75, 3.05) is 5.73 Å². The molecule has 0 radical (unpaired) electrons. The van der Waals surface area contributed by atoms with E-state index in [2.05, 4.69) is 35.8 Å². The summed E-state index contributed by atoms with van der Waals surface area (Å²) in [6.45, 7) is 2.95. The molecule has 2 N–H and O–H groups in total. The van der Waals surface area contributed by atoms with Gasteiger partial charge >= 0.3 is 0 Å². The number of nitrogen functional groups attached to an aromatic ring is 1. The Morgan fingerprint density at radius 1 is 1.28 bits per heavy atom. The van der Waals surface area contributed by atoms with Crippen molar-refractivity contribution >= 4 is 5.82 Å². The minimum absolute atomic E-state index is 0.635. The lowest BCUT2D eigenvalue weighted by atomic mass is 10.2. The van der Waals surface area contributed by atoms with Crippen LogP contribution >= 0.6 is 0 Å². The molecule has 0 unspecified atom stereocenters. The van der Waals surface area contributed by atoms with E-state index in [-0.39, 0.29) is 0 Å². The molecule has 1 saturated carbocycles. The Kier molecular flexibility index (Phi) is 2.82. The maximum atomic E-state index is 6.23. The van der Waals surface area contributed by atoms with Gasteiger partial charge in [0.1, 0.15) is 11.6 Å². The first kappa shape index (κ1) is 11.3. The molecule has 1 heterocycles. The van der Waals surface area contributed by atoms with E-state index in [4.69, 9.17) is 10.7 Å². The van der Waals surface area contributed by atoms with Crippen LogP contribution in [0.1, 0.15) is 42.8 Å². The summed E-state index contributed by atoms with van der Waals surface area (Å²) in [7, 11) is 0. The fourth-order valence-corrected chi connectivity index (χ4v) is 2.38. The van der Waals surface area contributed by atoms with E-state index in [1.165, 1.54) is 24.2 Å². The minimum atomic E-state index is 0.635. The molecule has 0 bridgehead atoms. The van der Waals surface area contributed by atoms with E-state index in [0.717, 1.165) is 24.5 Å². The highest BCUT2D eigenvalue weighted by Crippen LogP contribution is 2.41. The number of hydrogen-bond acceptors (Lipinski definition) is 2. The lowest BCUT2D eigenvalue weighted by Crippen LogP contribution is -2.08. The molecule has 1 aliphatic carbocycles. The van der Waals surface area contributed by atoms with Gasteiger partial charge < -0.3 is 10.3 Å². The zero-order valence-electron chi connectivity index (χ0n) is 10.8. The first-order valence-electron chi connectivity index (χ1n) is 6.68. The number of imidazole rings is 1. The van der Waals surface area contributed by atoms with Crippen molar-refractivity contribution in [3.8, 4) is 0 Å². The summed E-state index contributed by atoms with van der Waals surface area (Å²) in [6.07, 6.45) is 3.43. The summed E-state index contributed by atoms with van der Waals surface area (Å²) < 4.78 is 2.20. The zero-order chi connectivity index (χ0) is 12.5. The topological polar surface area (TPSA) is 43.8 Å². The predicted molar refractivity (Wildman–Crippen MR) is 73.5 cm³/mol. The third-order valence-corrected chi connectivity index (χ3v) is 3.57. The average Bonchev–Trinajstić information content (AvgIpc) is 3.19. The van der Waals surface area contributed by atoms with Crippen molar-refractivity contribution in [2.24, 2.45) is 0 Å². The molecular weight excluding hydrogens is 222 g/mol. The number of aromatic nitrogens is 2. The summed E-state index contributed by atoms with van der Waals surface area (Å²) in [4.78, 5) is 4.72. The fourth-order valence-electron chi connectivity index (χ4n) is 2.38. The number of benzene rings is 1. The van der Waals surface area contributed by atoms with Crippen molar-refractivity contribution < 1.29 is 0 Å². The Balaban J connectivity index is 1.97. The maximum Gasteiger partial charge on any atom is 0.127 e. The lowest BCUT2D eigenvalue weighted by molar-refractivity contribution is 0.734. The number of hydrogen-bond donors (Lipinski definition) is 1. The van der Waals surface area contributed by atoms with E-state index >= 15 is 0 Å². The second kappa shape index (κ2) is 4.48. The minimum Gasteiger partial charge on any atom is -0.384 e. The molecule has 1 aromatic heterocycles. The molecule has 94 valence electrons. The van der Waals surface area contributed by atoms with Gasteiger partial charge in [-0.3, -0.25) is 0 Å². The fraction of sp³-hybridized carbons (Fsp3) is 0.400. The highest BCUT2D eigenvalue weighted by molar-refractivity contribution is 5.40. The monoisotopic (exact) mass is 241 g/mol. The van der Waals surface area contributed by atoms with E-state index in [9.17, 15) is 0 Å². The summed E-state index contributed by atoms with van der Waals surface area (Å²) in [5.41, 5.74) is 8.56. The van der Waals surface area contributed by atoms with Crippen molar-refractivity contribution in [3.63, 3.8) is 0 Å².